The summed E-state index contributed by atoms with van der Waals surface area (Å²) in [5.41, 5.74) is 5.70. The van der Waals surface area contributed by atoms with Crippen LogP contribution in [0.25, 0.3) is 32.3 Å². The van der Waals surface area contributed by atoms with E-state index in [1.54, 1.807) is 0 Å². The first-order chi connectivity index (χ1) is 17.7. The summed E-state index contributed by atoms with van der Waals surface area (Å²) in [4.78, 5) is 10.2. The summed E-state index contributed by atoms with van der Waals surface area (Å²) >= 11 is 0. The van der Waals surface area contributed by atoms with Gasteiger partial charge in [-0.15, -0.1) is 58.3 Å². The van der Waals surface area contributed by atoms with Crippen LogP contribution in [-0.4, -0.2) is 11.4 Å². The number of fused-ring (bicyclic) bond motifs is 3. The van der Waals surface area contributed by atoms with Gasteiger partial charge >= 0.3 is 21.1 Å². The summed E-state index contributed by atoms with van der Waals surface area (Å²) in [6.07, 6.45) is 0. The molecule has 0 unspecified atom stereocenters. The van der Waals surface area contributed by atoms with Gasteiger partial charge in [0.05, 0.1) is 11.4 Å². The molecule has 0 aliphatic rings. The first-order valence-corrected chi connectivity index (χ1v) is 12.1. The van der Waals surface area contributed by atoms with Gasteiger partial charge in [0.25, 0.3) is 0 Å². The van der Waals surface area contributed by atoms with Crippen molar-refractivity contribution in [3.63, 3.8) is 0 Å². The fourth-order valence-electron chi connectivity index (χ4n) is 4.88. The van der Waals surface area contributed by atoms with E-state index in [0.717, 1.165) is 55.5 Å². The summed E-state index contributed by atoms with van der Waals surface area (Å²) in [5.74, 6) is 0. The molecule has 6 rings (SSSR count). The van der Waals surface area contributed by atoms with Crippen molar-refractivity contribution in [3.8, 4) is 0 Å². The van der Waals surface area contributed by atoms with Gasteiger partial charge in [0.1, 0.15) is 0 Å². The molecule has 0 aromatic heterocycles. The van der Waals surface area contributed by atoms with E-state index in [1.165, 1.54) is 10.8 Å². The summed E-state index contributed by atoms with van der Waals surface area (Å²) in [6, 6.07) is 44.1. The van der Waals surface area contributed by atoms with Crippen molar-refractivity contribution in [1.82, 2.24) is 0 Å². The topological polar surface area (TPSA) is 24.7 Å². The van der Waals surface area contributed by atoms with Gasteiger partial charge in [0.15, 0.2) is 0 Å². The second-order valence-electron chi connectivity index (χ2n) is 8.93. The zero-order valence-corrected chi connectivity index (χ0v) is 22.9. The van der Waals surface area contributed by atoms with Crippen molar-refractivity contribution in [2.45, 2.75) is 13.8 Å². The molecule has 0 aliphatic carbocycles. The molecule has 0 atom stereocenters. The Morgan fingerprint density at radius 3 is 1.43 bits per heavy atom. The molecule has 0 bridgehead atoms. The summed E-state index contributed by atoms with van der Waals surface area (Å²) in [6.45, 7) is 4.11. The van der Waals surface area contributed by atoms with Crippen LogP contribution in [0.2, 0.25) is 0 Å². The van der Waals surface area contributed by atoms with Gasteiger partial charge in [-0.05, 0) is 28.9 Å². The number of hydrogen-bond acceptors (Lipinski definition) is 2. The predicted octanol–water partition coefficient (Wildman–Crippen LogP) is 9.03. The Kier molecular flexibility index (Phi) is 7.12. The van der Waals surface area contributed by atoms with E-state index in [2.05, 4.69) is 123 Å². The van der Waals surface area contributed by atoms with Crippen LogP contribution in [0.4, 0.5) is 11.4 Å². The van der Waals surface area contributed by atoms with E-state index in [9.17, 15) is 0 Å². The number of rotatable bonds is 4. The molecule has 0 heterocycles. The van der Waals surface area contributed by atoms with E-state index < -0.39 is 0 Å². The molecule has 180 valence electrons. The molecule has 0 saturated carbocycles. The minimum Gasteiger partial charge on any atom is -0.301 e. The quantitative estimate of drug-likeness (QED) is 0.134. The zero-order chi connectivity index (χ0) is 24.5. The molecule has 0 saturated heterocycles. The fraction of sp³-hybridized carbons (Fsp3) is 0.0588. The molecule has 6 aromatic carbocycles. The Bertz CT molecular complexity index is 1670. The monoisotopic (exact) mass is 655 g/mol. The number of nitrogens with zero attached hydrogens (tertiary/aromatic N) is 2. The number of benzene rings is 6. The Labute approximate surface area is 231 Å². The number of hydrogen-bond donors (Lipinski definition) is 0. The number of aliphatic imine (C=N–C) groups is 2. The second-order valence-corrected chi connectivity index (χ2v) is 8.93. The Morgan fingerprint density at radius 1 is 0.514 bits per heavy atom. The van der Waals surface area contributed by atoms with E-state index in [-0.39, 0.29) is 21.1 Å². The molecular formula is C34H24N2Pt. The fourth-order valence-corrected chi connectivity index (χ4v) is 4.88. The van der Waals surface area contributed by atoms with E-state index in [4.69, 9.17) is 9.98 Å². The molecule has 0 fully saturated rings. The van der Waals surface area contributed by atoms with Crippen LogP contribution in [0.3, 0.4) is 0 Å². The first kappa shape index (κ1) is 24.8. The molecule has 0 aliphatic heterocycles. The first-order valence-electron chi connectivity index (χ1n) is 12.1. The van der Waals surface area contributed by atoms with Crippen molar-refractivity contribution in [2.75, 3.05) is 0 Å². The molecule has 6 aromatic rings. The molecule has 0 amide bonds. The van der Waals surface area contributed by atoms with Gasteiger partial charge in [-0.2, -0.15) is 0 Å². The minimum absolute atomic E-state index is 0. The van der Waals surface area contributed by atoms with Gasteiger partial charge < -0.3 is 9.98 Å². The van der Waals surface area contributed by atoms with Crippen molar-refractivity contribution < 1.29 is 21.1 Å². The van der Waals surface area contributed by atoms with Crippen molar-refractivity contribution in [1.29, 1.82) is 0 Å². The van der Waals surface area contributed by atoms with Crippen LogP contribution in [0.1, 0.15) is 25.0 Å². The van der Waals surface area contributed by atoms with Gasteiger partial charge in [0.2, 0.25) is 0 Å². The van der Waals surface area contributed by atoms with Crippen LogP contribution in [0, 0.1) is 12.1 Å². The summed E-state index contributed by atoms with van der Waals surface area (Å²) in [5, 5.41) is 6.84. The van der Waals surface area contributed by atoms with Gasteiger partial charge in [-0.1, -0.05) is 97.4 Å². The normalized spacial score (nSPS) is 12.2. The Hall–Kier alpha value is -3.87. The van der Waals surface area contributed by atoms with E-state index in [0.29, 0.717) is 0 Å². The van der Waals surface area contributed by atoms with Gasteiger partial charge in [0, 0.05) is 5.39 Å². The molecule has 37 heavy (non-hydrogen) atoms. The van der Waals surface area contributed by atoms with Crippen LogP contribution >= 0.6 is 0 Å². The van der Waals surface area contributed by atoms with E-state index >= 15 is 0 Å². The molecule has 0 radical (unpaired) electrons. The van der Waals surface area contributed by atoms with Crippen molar-refractivity contribution in [2.24, 2.45) is 9.98 Å². The molecule has 3 heteroatoms. The van der Waals surface area contributed by atoms with Crippen LogP contribution in [-0.2, 0) is 21.1 Å². The van der Waals surface area contributed by atoms with Crippen LogP contribution in [0.15, 0.2) is 119 Å². The summed E-state index contributed by atoms with van der Waals surface area (Å²) in [7, 11) is 0. The maximum absolute atomic E-state index is 5.11. The maximum atomic E-state index is 5.11. The van der Waals surface area contributed by atoms with Gasteiger partial charge in [-0.3, -0.25) is 0 Å². The Morgan fingerprint density at radius 2 is 0.946 bits per heavy atom. The van der Waals surface area contributed by atoms with Gasteiger partial charge in [-0.25, -0.2) is 0 Å². The smallest absolute Gasteiger partial charge is 0.301 e. The predicted molar refractivity (Wildman–Crippen MR) is 153 cm³/mol. The zero-order valence-electron chi connectivity index (χ0n) is 20.6. The van der Waals surface area contributed by atoms with E-state index in [1.807, 2.05) is 12.1 Å². The third-order valence-corrected chi connectivity index (χ3v) is 6.60. The largest absolute Gasteiger partial charge is 2.00 e. The average molecular weight is 656 g/mol. The Balaban J connectivity index is 0.00000280. The molecule has 2 nitrogen and oxygen atoms in total. The maximum Gasteiger partial charge on any atom is 2.00 e. The standard InChI is InChI=1S/C34H24N2.Pt/c1-23(28-19-7-13-25-11-3-5-17-30(25)28)35-32-21-9-15-27-16-10-22-33(34(27)32)36-24(2)29-20-8-14-26-12-4-6-18-31(26)29;/h3-18,21-22H,1-2H3;/q-2;+2. The second kappa shape index (κ2) is 10.6. The van der Waals surface area contributed by atoms with Crippen LogP contribution in [0.5, 0.6) is 0 Å². The van der Waals surface area contributed by atoms with Crippen LogP contribution < -0.4 is 0 Å². The minimum atomic E-state index is 0. The molecular weight excluding hydrogens is 631 g/mol. The average Bonchev–Trinajstić information content (AvgIpc) is 2.92. The summed E-state index contributed by atoms with van der Waals surface area (Å²) < 4.78 is 0. The molecule has 0 N–H and O–H groups in total. The third kappa shape index (κ3) is 4.78. The SMILES string of the molecule is CC(=Nc1cccc2cccc(N=C(C)c3[c-]ccc4ccccc34)c12)c1[c-]ccc2ccccc12.[Pt+2]. The third-order valence-electron chi connectivity index (χ3n) is 6.60. The molecule has 0 spiro atoms. The van der Waals surface area contributed by atoms with Crippen molar-refractivity contribution >= 4 is 55.1 Å². The van der Waals surface area contributed by atoms with Crippen molar-refractivity contribution in [3.05, 3.63) is 132 Å².